The number of aromatic nitrogens is 1. The van der Waals surface area contributed by atoms with Crippen molar-refractivity contribution >= 4 is 29.0 Å². The Kier molecular flexibility index (Phi) is 5.78. The molecule has 24 heavy (non-hydrogen) atoms. The Morgan fingerprint density at radius 2 is 2.00 bits per heavy atom. The minimum atomic E-state index is -0.579. The average molecular weight is 348 g/mol. The number of phenols is 1. The summed E-state index contributed by atoms with van der Waals surface area (Å²) in [6.45, 7) is 1.28. The Balaban J connectivity index is 0.00000208. The molecule has 2 aromatic carbocycles. The molecule has 1 aromatic heterocycles. The van der Waals surface area contributed by atoms with Crippen molar-refractivity contribution in [3.8, 4) is 5.75 Å². The van der Waals surface area contributed by atoms with Gasteiger partial charge in [-0.2, -0.15) is 0 Å². The Labute approximate surface area is 145 Å². The number of aromatic hydroxyl groups is 1. The van der Waals surface area contributed by atoms with Gasteiger partial charge >= 0.3 is 5.69 Å². The molecule has 3 aromatic rings. The molecule has 7 heteroatoms. The van der Waals surface area contributed by atoms with E-state index in [1.54, 1.807) is 6.07 Å². The first-order valence-electron chi connectivity index (χ1n) is 7.37. The van der Waals surface area contributed by atoms with Crippen molar-refractivity contribution in [1.29, 1.82) is 0 Å². The molecule has 1 heterocycles. The average Bonchev–Trinajstić information content (AvgIpc) is 2.96. The maximum atomic E-state index is 10.8. The van der Waals surface area contributed by atoms with Crippen molar-refractivity contribution in [3.63, 3.8) is 0 Å². The maximum absolute atomic E-state index is 10.8. The van der Waals surface area contributed by atoms with Gasteiger partial charge < -0.3 is 15.4 Å². The molecule has 0 atom stereocenters. The van der Waals surface area contributed by atoms with Crippen LogP contribution in [0.3, 0.4) is 0 Å². The van der Waals surface area contributed by atoms with Crippen molar-refractivity contribution in [2.75, 3.05) is 6.54 Å². The van der Waals surface area contributed by atoms with Gasteiger partial charge in [-0.15, -0.1) is 12.4 Å². The molecule has 3 rings (SSSR count). The van der Waals surface area contributed by atoms with Crippen LogP contribution in [0, 0.1) is 10.1 Å². The molecule has 0 unspecified atom stereocenters. The number of nitro groups is 1. The van der Waals surface area contributed by atoms with Crippen molar-refractivity contribution in [3.05, 3.63) is 69.9 Å². The van der Waals surface area contributed by atoms with Gasteiger partial charge in [-0.05, 0) is 36.2 Å². The van der Waals surface area contributed by atoms with Crippen molar-refractivity contribution in [1.82, 2.24) is 10.3 Å². The fourth-order valence-electron chi connectivity index (χ4n) is 2.62. The van der Waals surface area contributed by atoms with Crippen molar-refractivity contribution in [2.45, 2.75) is 13.0 Å². The second kappa shape index (κ2) is 7.81. The van der Waals surface area contributed by atoms with Crippen LogP contribution in [0.15, 0.2) is 48.7 Å². The minimum Gasteiger partial charge on any atom is -0.502 e. The molecule has 126 valence electrons. The number of benzene rings is 2. The summed E-state index contributed by atoms with van der Waals surface area (Å²) in [6, 6.07) is 12.6. The Bertz CT molecular complexity index is 848. The van der Waals surface area contributed by atoms with Crippen LogP contribution >= 0.6 is 12.4 Å². The molecule has 0 aliphatic rings. The second-order valence-corrected chi connectivity index (χ2v) is 5.37. The minimum absolute atomic E-state index is 0. The van der Waals surface area contributed by atoms with Gasteiger partial charge in [0.25, 0.3) is 0 Å². The van der Waals surface area contributed by atoms with Crippen LogP contribution in [0.5, 0.6) is 5.75 Å². The fourth-order valence-corrected chi connectivity index (χ4v) is 2.62. The Morgan fingerprint density at radius 1 is 1.21 bits per heavy atom. The molecule has 0 saturated carbocycles. The van der Waals surface area contributed by atoms with Crippen molar-refractivity contribution < 1.29 is 10.0 Å². The highest BCUT2D eigenvalue weighted by Gasteiger charge is 2.13. The third-order valence-electron chi connectivity index (χ3n) is 3.81. The number of aromatic amines is 1. The van der Waals surface area contributed by atoms with Gasteiger partial charge in [0.2, 0.25) is 0 Å². The first kappa shape index (κ1) is 17.8. The highest BCUT2D eigenvalue weighted by Crippen LogP contribution is 2.26. The molecular formula is C17H18ClN3O3. The van der Waals surface area contributed by atoms with Gasteiger partial charge in [0, 0.05) is 29.7 Å². The number of halogens is 1. The largest absolute Gasteiger partial charge is 0.502 e. The first-order chi connectivity index (χ1) is 11.1. The lowest BCUT2D eigenvalue weighted by atomic mass is 10.1. The number of para-hydroxylation sites is 1. The number of hydrogen-bond donors (Lipinski definition) is 3. The van der Waals surface area contributed by atoms with Gasteiger partial charge in [0.15, 0.2) is 5.75 Å². The fraction of sp³-hybridized carbons (Fsp3) is 0.176. The number of hydrogen-bond acceptors (Lipinski definition) is 4. The zero-order valence-corrected chi connectivity index (χ0v) is 13.7. The van der Waals surface area contributed by atoms with Crippen LogP contribution in [0.1, 0.15) is 11.1 Å². The van der Waals surface area contributed by atoms with Crippen LogP contribution in [0.25, 0.3) is 10.9 Å². The number of nitro benzene ring substituents is 1. The van der Waals surface area contributed by atoms with E-state index in [-0.39, 0.29) is 23.8 Å². The lowest BCUT2D eigenvalue weighted by molar-refractivity contribution is -0.385. The van der Waals surface area contributed by atoms with Crippen molar-refractivity contribution in [2.24, 2.45) is 0 Å². The summed E-state index contributed by atoms with van der Waals surface area (Å²) < 4.78 is 0. The highest BCUT2D eigenvalue weighted by molar-refractivity contribution is 5.85. The third kappa shape index (κ3) is 3.84. The quantitative estimate of drug-likeness (QED) is 0.361. The maximum Gasteiger partial charge on any atom is 0.311 e. The van der Waals surface area contributed by atoms with E-state index in [2.05, 4.69) is 16.4 Å². The molecule has 0 amide bonds. The molecule has 0 saturated heterocycles. The zero-order valence-electron chi connectivity index (χ0n) is 12.9. The third-order valence-corrected chi connectivity index (χ3v) is 3.81. The van der Waals surface area contributed by atoms with Crippen LogP contribution < -0.4 is 5.32 Å². The predicted octanol–water partition coefficient (Wildman–Crippen LogP) is 3.54. The van der Waals surface area contributed by atoms with Crippen LogP contribution in [0.2, 0.25) is 0 Å². The van der Waals surface area contributed by atoms with E-state index in [1.165, 1.54) is 23.1 Å². The summed E-state index contributed by atoms with van der Waals surface area (Å²) in [7, 11) is 0. The number of rotatable bonds is 6. The summed E-state index contributed by atoms with van der Waals surface area (Å²) in [5.41, 5.74) is 2.87. The molecule has 3 N–H and O–H groups in total. The SMILES string of the molecule is Cl.O=[N+]([O-])c1cc(CNCCc2c[nH]c3ccccc23)ccc1O. The van der Waals surface area contributed by atoms with E-state index in [9.17, 15) is 15.2 Å². The number of phenolic OH excluding ortho intramolecular Hbond substituents is 1. The summed E-state index contributed by atoms with van der Waals surface area (Å²) in [6.07, 6.45) is 2.88. The molecule has 0 fully saturated rings. The number of H-pyrrole nitrogens is 1. The molecule has 0 aliphatic heterocycles. The summed E-state index contributed by atoms with van der Waals surface area (Å²) in [5.74, 6) is -0.308. The van der Waals surface area contributed by atoms with Crippen LogP contribution in [0.4, 0.5) is 5.69 Å². The zero-order chi connectivity index (χ0) is 16.2. The molecule has 0 radical (unpaired) electrons. The highest BCUT2D eigenvalue weighted by atomic mass is 35.5. The monoisotopic (exact) mass is 347 g/mol. The number of fused-ring (bicyclic) bond motifs is 1. The molecular weight excluding hydrogens is 330 g/mol. The standard InChI is InChI=1S/C17H17N3O3.ClH/c21-17-6-5-12(9-16(17)20(22)23)10-18-8-7-13-11-19-15-4-2-1-3-14(13)15;/h1-6,9,11,18-19,21H,7-8,10H2;1H. The number of nitrogens with one attached hydrogen (secondary N) is 2. The van der Waals surface area contributed by atoms with Gasteiger partial charge in [0.1, 0.15) is 0 Å². The van der Waals surface area contributed by atoms with E-state index in [1.807, 2.05) is 24.4 Å². The smallest absolute Gasteiger partial charge is 0.311 e. The topological polar surface area (TPSA) is 91.2 Å². The van der Waals surface area contributed by atoms with Gasteiger partial charge in [-0.25, -0.2) is 0 Å². The lowest BCUT2D eigenvalue weighted by Gasteiger charge is -2.05. The lowest BCUT2D eigenvalue weighted by Crippen LogP contribution is -2.16. The van der Waals surface area contributed by atoms with Gasteiger partial charge in [-0.3, -0.25) is 10.1 Å². The molecule has 0 aliphatic carbocycles. The van der Waals surface area contributed by atoms with Gasteiger partial charge in [0.05, 0.1) is 4.92 Å². The first-order valence-corrected chi connectivity index (χ1v) is 7.37. The second-order valence-electron chi connectivity index (χ2n) is 5.37. The van der Waals surface area contributed by atoms with E-state index in [4.69, 9.17) is 0 Å². The van der Waals surface area contributed by atoms with Crippen LogP contribution in [-0.4, -0.2) is 21.6 Å². The summed E-state index contributed by atoms with van der Waals surface area (Å²) >= 11 is 0. The van der Waals surface area contributed by atoms with E-state index in [0.29, 0.717) is 6.54 Å². The van der Waals surface area contributed by atoms with E-state index in [0.717, 1.165) is 24.0 Å². The molecule has 6 nitrogen and oxygen atoms in total. The number of nitrogens with zero attached hydrogens (tertiary/aromatic N) is 1. The Hall–Kier alpha value is -2.57. The summed E-state index contributed by atoms with van der Waals surface area (Å²) in [5, 5.41) is 24.7. The summed E-state index contributed by atoms with van der Waals surface area (Å²) in [4.78, 5) is 13.5. The normalized spacial score (nSPS) is 10.5. The van der Waals surface area contributed by atoms with E-state index < -0.39 is 4.92 Å². The predicted molar refractivity (Wildman–Crippen MR) is 95.7 cm³/mol. The van der Waals surface area contributed by atoms with Crippen LogP contribution in [-0.2, 0) is 13.0 Å². The molecule has 0 bridgehead atoms. The van der Waals surface area contributed by atoms with Gasteiger partial charge in [-0.1, -0.05) is 24.3 Å². The molecule has 0 spiro atoms. The Morgan fingerprint density at radius 3 is 2.79 bits per heavy atom. The van der Waals surface area contributed by atoms with E-state index >= 15 is 0 Å².